The van der Waals surface area contributed by atoms with Gasteiger partial charge in [-0.05, 0) is 31.0 Å². The van der Waals surface area contributed by atoms with Gasteiger partial charge >= 0.3 is 6.03 Å². The fourth-order valence-corrected chi connectivity index (χ4v) is 3.57. The summed E-state index contributed by atoms with van der Waals surface area (Å²) < 4.78 is 0. The summed E-state index contributed by atoms with van der Waals surface area (Å²) in [6.45, 7) is 0.859. The van der Waals surface area contributed by atoms with Crippen LogP contribution in [0.15, 0.2) is 36.5 Å². The lowest BCUT2D eigenvalue weighted by Crippen LogP contribution is -2.55. The molecule has 2 aliphatic heterocycles. The summed E-state index contributed by atoms with van der Waals surface area (Å²) in [6, 6.07) is 8.91. The number of hydrogen-bond donors (Lipinski definition) is 1. The Balaban J connectivity index is 1.51. The number of nitrogens with one attached hydrogen (secondary N) is 1. The topological polar surface area (TPSA) is 82.6 Å². The van der Waals surface area contributed by atoms with Crippen LogP contribution in [0.25, 0.3) is 10.9 Å². The molecule has 4 rings (SSSR count). The van der Waals surface area contributed by atoms with Gasteiger partial charge < -0.3 is 10.2 Å². The van der Waals surface area contributed by atoms with Crippen molar-refractivity contribution in [3.05, 3.63) is 42.1 Å². The second-order valence-electron chi connectivity index (χ2n) is 6.58. The number of benzene rings is 1. The van der Waals surface area contributed by atoms with E-state index < -0.39 is 5.54 Å². The lowest BCUT2D eigenvalue weighted by Gasteiger charge is -2.37. The Morgan fingerprint density at radius 1 is 1.20 bits per heavy atom. The van der Waals surface area contributed by atoms with E-state index in [1.54, 1.807) is 23.2 Å². The number of fused-ring (bicyclic) bond motifs is 1. The highest BCUT2D eigenvalue weighted by Crippen LogP contribution is 2.29. The van der Waals surface area contributed by atoms with E-state index in [-0.39, 0.29) is 17.8 Å². The minimum atomic E-state index is -0.854. The minimum Gasteiger partial charge on any atom is -0.338 e. The number of likely N-dealkylation sites (N-methyl/N-ethyl adjacent to an activating group) is 1. The molecule has 7 heteroatoms. The summed E-state index contributed by atoms with van der Waals surface area (Å²) in [5, 5.41) is 3.77. The average molecular weight is 338 g/mol. The van der Waals surface area contributed by atoms with E-state index in [2.05, 4.69) is 10.3 Å². The molecular weight excluding hydrogens is 320 g/mol. The number of hydrogen-bond acceptors (Lipinski definition) is 4. The summed E-state index contributed by atoms with van der Waals surface area (Å²) in [6.07, 6.45) is 2.56. The number of urea groups is 1. The van der Waals surface area contributed by atoms with E-state index in [1.807, 2.05) is 18.2 Å². The van der Waals surface area contributed by atoms with E-state index in [0.717, 1.165) is 15.8 Å². The second kappa shape index (κ2) is 5.54. The van der Waals surface area contributed by atoms with Crippen LogP contribution in [0.1, 0.15) is 23.2 Å². The fourth-order valence-electron chi connectivity index (χ4n) is 3.57. The molecule has 25 heavy (non-hydrogen) atoms. The smallest absolute Gasteiger partial charge is 0.324 e. The first-order valence-corrected chi connectivity index (χ1v) is 8.25. The van der Waals surface area contributed by atoms with Crippen molar-refractivity contribution in [2.24, 2.45) is 0 Å². The van der Waals surface area contributed by atoms with E-state index in [4.69, 9.17) is 0 Å². The van der Waals surface area contributed by atoms with Gasteiger partial charge in [0.1, 0.15) is 5.54 Å². The monoisotopic (exact) mass is 338 g/mol. The molecular formula is C18H18N4O3. The number of rotatable bonds is 1. The van der Waals surface area contributed by atoms with Crippen molar-refractivity contribution in [1.29, 1.82) is 0 Å². The van der Waals surface area contributed by atoms with Crippen molar-refractivity contribution in [3.63, 3.8) is 0 Å². The minimum absolute atomic E-state index is 0.0764. The number of imide groups is 1. The Bertz CT molecular complexity index is 887. The molecule has 128 valence electrons. The average Bonchev–Trinajstić information content (AvgIpc) is 2.85. The van der Waals surface area contributed by atoms with Crippen LogP contribution < -0.4 is 5.32 Å². The molecule has 0 aliphatic carbocycles. The number of carbonyl (C=O) groups excluding carboxylic acids is 3. The standard InChI is InChI=1S/C18H18N4O3/c1-21-16(24)18(20-17(21)25)6-9-22(10-7-18)15(23)13-5-4-12-3-2-8-19-14(12)11-13/h2-5,8,11H,6-7,9-10H2,1H3,(H,20,25). The normalized spacial score (nSPS) is 19.6. The van der Waals surface area contributed by atoms with Gasteiger partial charge in [-0.1, -0.05) is 12.1 Å². The molecule has 2 aromatic rings. The Labute approximate surface area is 144 Å². The van der Waals surface area contributed by atoms with Crippen molar-refractivity contribution in [2.75, 3.05) is 20.1 Å². The van der Waals surface area contributed by atoms with Crippen molar-refractivity contribution in [3.8, 4) is 0 Å². The summed E-state index contributed by atoms with van der Waals surface area (Å²) in [4.78, 5) is 43.9. The van der Waals surface area contributed by atoms with Gasteiger partial charge in [-0.3, -0.25) is 19.5 Å². The third-order valence-electron chi connectivity index (χ3n) is 5.12. The lowest BCUT2D eigenvalue weighted by molar-refractivity contribution is -0.131. The van der Waals surface area contributed by atoms with Gasteiger partial charge in [0.15, 0.2) is 0 Å². The van der Waals surface area contributed by atoms with Crippen LogP contribution in [-0.4, -0.2) is 58.3 Å². The molecule has 1 N–H and O–H groups in total. The van der Waals surface area contributed by atoms with Crippen LogP contribution in [0.4, 0.5) is 4.79 Å². The predicted molar refractivity (Wildman–Crippen MR) is 90.9 cm³/mol. The number of aromatic nitrogens is 1. The highest BCUT2D eigenvalue weighted by atomic mass is 16.2. The summed E-state index contributed by atoms with van der Waals surface area (Å²) in [7, 11) is 1.48. The zero-order valence-corrected chi connectivity index (χ0v) is 13.9. The maximum absolute atomic E-state index is 12.8. The zero-order valence-electron chi connectivity index (χ0n) is 13.9. The first-order chi connectivity index (χ1) is 12.0. The lowest BCUT2D eigenvalue weighted by atomic mass is 9.87. The maximum atomic E-state index is 12.8. The highest BCUT2D eigenvalue weighted by Gasteiger charge is 2.51. The summed E-state index contributed by atoms with van der Waals surface area (Å²) in [5.41, 5.74) is 0.510. The van der Waals surface area contributed by atoms with Gasteiger partial charge in [-0.15, -0.1) is 0 Å². The molecule has 7 nitrogen and oxygen atoms in total. The molecule has 0 unspecified atom stereocenters. The number of likely N-dealkylation sites (tertiary alicyclic amines) is 1. The quantitative estimate of drug-likeness (QED) is 0.797. The molecule has 0 radical (unpaired) electrons. The van der Waals surface area contributed by atoms with Crippen LogP contribution in [0.5, 0.6) is 0 Å². The Hall–Kier alpha value is -2.96. The van der Waals surface area contributed by atoms with Gasteiger partial charge in [-0.2, -0.15) is 0 Å². The van der Waals surface area contributed by atoms with Gasteiger partial charge in [0.05, 0.1) is 5.52 Å². The Kier molecular flexibility index (Phi) is 3.45. The molecule has 2 saturated heterocycles. The number of carbonyl (C=O) groups is 3. The molecule has 1 spiro atoms. The molecule has 1 aromatic heterocycles. The number of amides is 4. The van der Waals surface area contributed by atoms with Crippen LogP contribution in [0.2, 0.25) is 0 Å². The van der Waals surface area contributed by atoms with Gasteiger partial charge in [0, 0.05) is 37.3 Å². The third kappa shape index (κ3) is 2.43. The summed E-state index contributed by atoms with van der Waals surface area (Å²) >= 11 is 0. The van der Waals surface area contributed by atoms with E-state index in [1.165, 1.54) is 7.05 Å². The zero-order chi connectivity index (χ0) is 17.6. The van der Waals surface area contributed by atoms with Crippen LogP contribution in [0, 0.1) is 0 Å². The largest absolute Gasteiger partial charge is 0.338 e. The Morgan fingerprint density at radius 3 is 2.64 bits per heavy atom. The molecule has 2 fully saturated rings. The summed E-state index contributed by atoms with van der Waals surface area (Å²) in [5.74, 6) is -0.285. The van der Waals surface area contributed by atoms with Crippen molar-refractivity contribution >= 4 is 28.7 Å². The molecule has 0 atom stereocenters. The second-order valence-corrected chi connectivity index (χ2v) is 6.58. The fraction of sp³-hybridized carbons (Fsp3) is 0.333. The molecule has 4 amide bonds. The van der Waals surface area contributed by atoms with Gasteiger partial charge in [0.25, 0.3) is 11.8 Å². The third-order valence-corrected chi connectivity index (χ3v) is 5.12. The van der Waals surface area contributed by atoms with Gasteiger partial charge in [-0.25, -0.2) is 4.79 Å². The van der Waals surface area contributed by atoms with Gasteiger partial charge in [0.2, 0.25) is 0 Å². The van der Waals surface area contributed by atoms with Crippen molar-refractivity contribution < 1.29 is 14.4 Å². The number of piperidine rings is 1. The van der Waals surface area contributed by atoms with Crippen molar-refractivity contribution in [2.45, 2.75) is 18.4 Å². The Morgan fingerprint density at radius 2 is 1.96 bits per heavy atom. The molecule has 1 aromatic carbocycles. The molecule has 2 aliphatic rings. The maximum Gasteiger partial charge on any atom is 0.324 e. The van der Waals surface area contributed by atoms with Crippen LogP contribution in [0.3, 0.4) is 0 Å². The van der Waals surface area contributed by atoms with Crippen LogP contribution in [-0.2, 0) is 4.79 Å². The highest BCUT2D eigenvalue weighted by molar-refractivity contribution is 6.07. The molecule has 0 saturated carbocycles. The predicted octanol–water partition coefficient (Wildman–Crippen LogP) is 1.39. The SMILES string of the molecule is CN1C(=O)NC2(CCN(C(=O)c3ccc4cccnc4c3)CC2)C1=O. The van der Waals surface area contributed by atoms with E-state index >= 15 is 0 Å². The number of pyridine rings is 1. The number of nitrogens with zero attached hydrogens (tertiary/aromatic N) is 3. The van der Waals surface area contributed by atoms with Crippen LogP contribution >= 0.6 is 0 Å². The van der Waals surface area contributed by atoms with Crippen molar-refractivity contribution in [1.82, 2.24) is 20.1 Å². The molecule has 3 heterocycles. The van der Waals surface area contributed by atoms with E-state index in [0.29, 0.717) is 31.5 Å². The van der Waals surface area contributed by atoms with E-state index in [9.17, 15) is 14.4 Å². The molecule has 0 bridgehead atoms. The first kappa shape index (κ1) is 15.6. The first-order valence-electron chi connectivity index (χ1n) is 8.25.